The van der Waals surface area contributed by atoms with Crippen LogP contribution < -0.4 is 15.2 Å². The Kier molecular flexibility index (Phi) is 6.83. The summed E-state index contributed by atoms with van der Waals surface area (Å²) in [4.78, 5) is 16.9. The standard InChI is InChI=1S/C20H25N3O4/c1-5-25-13-8-9-16(26-6-2)14(10-13)18-15(11-21)19(22)23-12(4)17(18)20(24)27-7-3/h8-10,15,18H,5-7H2,1-4H3,(H2,22,23)/t15?,18-/m1/s1. The molecule has 0 saturated heterocycles. The Bertz CT molecular complexity index is 808. The van der Waals surface area contributed by atoms with Crippen LogP contribution in [0.25, 0.3) is 0 Å². The van der Waals surface area contributed by atoms with Crippen molar-refractivity contribution in [3.8, 4) is 17.6 Å². The molecule has 0 spiro atoms. The van der Waals surface area contributed by atoms with E-state index in [9.17, 15) is 10.1 Å². The highest BCUT2D eigenvalue weighted by atomic mass is 16.5. The normalized spacial score (nSPS) is 19.1. The zero-order valence-corrected chi connectivity index (χ0v) is 16.1. The van der Waals surface area contributed by atoms with Gasteiger partial charge in [-0.3, -0.25) is 0 Å². The molecule has 1 aromatic carbocycles. The van der Waals surface area contributed by atoms with Crippen LogP contribution in [0.2, 0.25) is 0 Å². The highest BCUT2D eigenvalue weighted by Crippen LogP contribution is 2.43. The van der Waals surface area contributed by atoms with Crippen LogP contribution in [0.1, 0.15) is 39.2 Å². The maximum Gasteiger partial charge on any atom is 0.336 e. The van der Waals surface area contributed by atoms with E-state index in [1.165, 1.54) is 0 Å². The van der Waals surface area contributed by atoms with E-state index < -0.39 is 17.8 Å². The van der Waals surface area contributed by atoms with Gasteiger partial charge >= 0.3 is 5.97 Å². The lowest BCUT2D eigenvalue weighted by Gasteiger charge is -2.30. The molecule has 2 rings (SSSR count). The fourth-order valence-electron chi connectivity index (χ4n) is 3.16. The molecule has 1 aliphatic heterocycles. The van der Waals surface area contributed by atoms with E-state index in [1.807, 2.05) is 13.8 Å². The van der Waals surface area contributed by atoms with Crippen LogP contribution in [0, 0.1) is 17.2 Å². The predicted octanol–water partition coefficient (Wildman–Crippen LogP) is 2.92. The van der Waals surface area contributed by atoms with Gasteiger partial charge in [0.2, 0.25) is 0 Å². The molecule has 0 amide bonds. The fourth-order valence-corrected chi connectivity index (χ4v) is 3.16. The molecule has 0 saturated carbocycles. The summed E-state index contributed by atoms with van der Waals surface area (Å²) in [5.41, 5.74) is 7.43. The van der Waals surface area contributed by atoms with Crippen molar-refractivity contribution >= 4 is 11.8 Å². The summed E-state index contributed by atoms with van der Waals surface area (Å²) in [5, 5.41) is 9.74. The number of nitrogens with two attached hydrogens (primary N) is 1. The maximum absolute atomic E-state index is 12.7. The minimum Gasteiger partial charge on any atom is -0.494 e. The molecule has 144 valence electrons. The van der Waals surface area contributed by atoms with Gasteiger partial charge < -0.3 is 19.9 Å². The molecule has 0 radical (unpaired) electrons. The molecule has 1 heterocycles. The summed E-state index contributed by atoms with van der Waals surface area (Å²) in [6.45, 7) is 8.31. The number of amidine groups is 1. The number of allylic oxidation sites excluding steroid dienone is 1. The van der Waals surface area contributed by atoms with Crippen LogP contribution in [-0.2, 0) is 9.53 Å². The first-order valence-electron chi connectivity index (χ1n) is 8.99. The number of aliphatic imine (C=N–C) groups is 1. The molecule has 0 fully saturated rings. The van der Waals surface area contributed by atoms with Crippen molar-refractivity contribution < 1.29 is 19.0 Å². The Balaban J connectivity index is 2.70. The van der Waals surface area contributed by atoms with Gasteiger partial charge in [0.05, 0.1) is 37.2 Å². The van der Waals surface area contributed by atoms with Gasteiger partial charge in [0, 0.05) is 11.5 Å². The molecule has 1 unspecified atom stereocenters. The summed E-state index contributed by atoms with van der Waals surface area (Å²) >= 11 is 0. The number of hydrogen-bond donors (Lipinski definition) is 1. The van der Waals surface area contributed by atoms with Gasteiger partial charge in [-0.05, 0) is 45.9 Å². The summed E-state index contributed by atoms with van der Waals surface area (Å²) in [5.74, 6) is -0.638. The van der Waals surface area contributed by atoms with Gasteiger partial charge in [-0.1, -0.05) is 0 Å². The Morgan fingerprint density at radius 1 is 1.22 bits per heavy atom. The number of esters is 1. The molecule has 0 aromatic heterocycles. The largest absolute Gasteiger partial charge is 0.494 e. The van der Waals surface area contributed by atoms with Gasteiger partial charge in [-0.2, -0.15) is 5.26 Å². The van der Waals surface area contributed by atoms with Crippen LogP contribution in [0.4, 0.5) is 0 Å². The average molecular weight is 371 g/mol. The third-order valence-corrected chi connectivity index (χ3v) is 4.21. The van der Waals surface area contributed by atoms with Crippen molar-refractivity contribution in [2.24, 2.45) is 16.6 Å². The van der Waals surface area contributed by atoms with Crippen LogP contribution in [0.3, 0.4) is 0 Å². The highest BCUT2D eigenvalue weighted by molar-refractivity contribution is 5.98. The van der Waals surface area contributed by atoms with Crippen molar-refractivity contribution in [2.75, 3.05) is 19.8 Å². The van der Waals surface area contributed by atoms with Crippen molar-refractivity contribution in [2.45, 2.75) is 33.6 Å². The predicted molar refractivity (Wildman–Crippen MR) is 102 cm³/mol. The number of nitriles is 1. The molecule has 2 N–H and O–H groups in total. The highest BCUT2D eigenvalue weighted by Gasteiger charge is 2.40. The van der Waals surface area contributed by atoms with Crippen LogP contribution in [-0.4, -0.2) is 31.6 Å². The summed E-state index contributed by atoms with van der Waals surface area (Å²) < 4.78 is 16.6. The Labute approximate surface area is 159 Å². The maximum atomic E-state index is 12.7. The first-order valence-corrected chi connectivity index (χ1v) is 8.99. The monoisotopic (exact) mass is 371 g/mol. The SMILES string of the molecule is CCOC(=O)C1=C(C)N=C(N)C(C#N)[C@H]1c1cc(OCC)ccc1OCC. The first-order chi connectivity index (χ1) is 13.0. The molecular weight excluding hydrogens is 346 g/mol. The van der Waals surface area contributed by atoms with E-state index in [4.69, 9.17) is 19.9 Å². The molecule has 7 nitrogen and oxygen atoms in total. The number of carbonyl (C=O) groups excluding carboxylic acids is 1. The smallest absolute Gasteiger partial charge is 0.336 e. The number of benzene rings is 1. The summed E-state index contributed by atoms with van der Waals surface area (Å²) in [6.07, 6.45) is 0. The topological polar surface area (TPSA) is 107 Å². The zero-order chi connectivity index (χ0) is 20.0. The Hall–Kier alpha value is -3.01. The van der Waals surface area contributed by atoms with Gasteiger partial charge in [-0.25, -0.2) is 9.79 Å². The lowest BCUT2D eigenvalue weighted by Crippen LogP contribution is -2.35. The minimum atomic E-state index is -0.816. The summed E-state index contributed by atoms with van der Waals surface area (Å²) in [6, 6.07) is 7.53. The third kappa shape index (κ3) is 4.22. The molecule has 1 aromatic rings. The zero-order valence-electron chi connectivity index (χ0n) is 16.1. The lowest BCUT2D eigenvalue weighted by atomic mass is 9.77. The number of carbonyl (C=O) groups is 1. The molecule has 27 heavy (non-hydrogen) atoms. The molecule has 2 atom stereocenters. The molecule has 0 bridgehead atoms. The minimum absolute atomic E-state index is 0.164. The second-order valence-electron chi connectivity index (χ2n) is 5.91. The number of nitrogens with zero attached hydrogens (tertiary/aromatic N) is 2. The third-order valence-electron chi connectivity index (χ3n) is 4.21. The van der Waals surface area contributed by atoms with E-state index in [1.54, 1.807) is 32.0 Å². The van der Waals surface area contributed by atoms with Crippen molar-refractivity contribution in [1.29, 1.82) is 5.26 Å². The second kappa shape index (κ2) is 9.08. The number of rotatable bonds is 7. The fraction of sp³-hybridized carbons (Fsp3) is 0.450. The van der Waals surface area contributed by atoms with Crippen LogP contribution in [0.5, 0.6) is 11.5 Å². The first kappa shape index (κ1) is 20.3. The average Bonchev–Trinajstić information content (AvgIpc) is 2.63. The van der Waals surface area contributed by atoms with Crippen LogP contribution in [0.15, 0.2) is 34.5 Å². The Morgan fingerprint density at radius 2 is 1.93 bits per heavy atom. The van der Waals surface area contributed by atoms with Crippen LogP contribution >= 0.6 is 0 Å². The van der Waals surface area contributed by atoms with E-state index in [0.29, 0.717) is 41.5 Å². The van der Waals surface area contributed by atoms with Crippen molar-refractivity contribution in [3.05, 3.63) is 35.0 Å². The number of ether oxygens (including phenoxy) is 3. The number of hydrogen-bond acceptors (Lipinski definition) is 7. The molecule has 1 aliphatic rings. The van der Waals surface area contributed by atoms with Gasteiger partial charge in [0.25, 0.3) is 0 Å². The molecular formula is C20H25N3O4. The van der Waals surface area contributed by atoms with Gasteiger partial charge in [0.1, 0.15) is 23.3 Å². The van der Waals surface area contributed by atoms with Crippen molar-refractivity contribution in [3.63, 3.8) is 0 Å². The van der Waals surface area contributed by atoms with E-state index in [0.717, 1.165) is 0 Å². The molecule has 7 heteroatoms. The van der Waals surface area contributed by atoms with E-state index in [-0.39, 0.29) is 12.4 Å². The van der Waals surface area contributed by atoms with Gasteiger partial charge in [0.15, 0.2) is 0 Å². The van der Waals surface area contributed by atoms with Crippen molar-refractivity contribution in [1.82, 2.24) is 0 Å². The summed E-state index contributed by atoms with van der Waals surface area (Å²) in [7, 11) is 0. The van der Waals surface area contributed by atoms with E-state index in [2.05, 4.69) is 11.1 Å². The van der Waals surface area contributed by atoms with Gasteiger partial charge in [-0.15, -0.1) is 0 Å². The quantitative estimate of drug-likeness (QED) is 0.739. The Morgan fingerprint density at radius 3 is 2.52 bits per heavy atom. The lowest BCUT2D eigenvalue weighted by molar-refractivity contribution is -0.139. The second-order valence-corrected chi connectivity index (χ2v) is 5.91. The van der Waals surface area contributed by atoms with E-state index >= 15 is 0 Å². The molecule has 0 aliphatic carbocycles.